The van der Waals surface area contributed by atoms with Crippen molar-refractivity contribution in [2.24, 2.45) is 0 Å². The molecule has 1 heterocycles. The zero-order valence-corrected chi connectivity index (χ0v) is 12.0. The summed E-state index contributed by atoms with van der Waals surface area (Å²) in [6, 6.07) is 0. The maximum Gasteiger partial charge on any atom is 0.159 e. The van der Waals surface area contributed by atoms with Crippen LogP contribution in [-0.4, -0.2) is 18.5 Å². The van der Waals surface area contributed by atoms with Crippen molar-refractivity contribution in [2.75, 3.05) is 6.61 Å². The highest BCUT2D eigenvalue weighted by atomic mass is 16.7. The highest BCUT2D eigenvalue weighted by Crippen LogP contribution is 2.36. The van der Waals surface area contributed by atoms with Crippen LogP contribution in [0.15, 0.2) is 36.5 Å². The van der Waals surface area contributed by atoms with Gasteiger partial charge in [0.05, 0.1) is 12.2 Å². The van der Waals surface area contributed by atoms with Crippen LogP contribution in [-0.2, 0) is 9.47 Å². The molecule has 0 aromatic carbocycles. The minimum atomic E-state index is -0.254. The smallest absolute Gasteiger partial charge is 0.159 e. The Labute approximate surface area is 111 Å². The Morgan fingerprint density at radius 3 is 2.89 bits per heavy atom. The van der Waals surface area contributed by atoms with E-state index in [1.807, 2.05) is 0 Å². The third-order valence-electron chi connectivity index (χ3n) is 3.40. The lowest BCUT2D eigenvalue weighted by atomic mass is 9.86. The molecule has 2 nitrogen and oxygen atoms in total. The van der Waals surface area contributed by atoms with Gasteiger partial charge in [-0.2, -0.15) is 0 Å². The van der Waals surface area contributed by atoms with E-state index in [1.165, 1.54) is 11.1 Å². The van der Waals surface area contributed by atoms with Gasteiger partial charge in [-0.05, 0) is 45.6 Å². The van der Waals surface area contributed by atoms with Crippen LogP contribution in [0, 0.1) is 0 Å². The van der Waals surface area contributed by atoms with Crippen LogP contribution in [0.1, 0.15) is 46.5 Å². The largest absolute Gasteiger partial charge is 0.349 e. The Morgan fingerprint density at radius 1 is 1.56 bits per heavy atom. The molecule has 1 saturated heterocycles. The van der Waals surface area contributed by atoms with E-state index in [-0.39, 0.29) is 11.9 Å². The molecule has 0 radical (unpaired) electrons. The Kier molecular flexibility index (Phi) is 5.83. The van der Waals surface area contributed by atoms with Crippen LogP contribution in [0.2, 0.25) is 0 Å². The summed E-state index contributed by atoms with van der Waals surface area (Å²) in [5.41, 5.74) is 2.28. The molecule has 0 spiro atoms. The second-order valence-electron chi connectivity index (χ2n) is 5.36. The highest BCUT2D eigenvalue weighted by Gasteiger charge is 2.35. The molecule has 0 amide bonds. The maximum absolute atomic E-state index is 6.07. The van der Waals surface area contributed by atoms with E-state index < -0.39 is 0 Å². The molecule has 2 atom stereocenters. The van der Waals surface area contributed by atoms with Crippen molar-refractivity contribution in [2.45, 2.75) is 58.3 Å². The van der Waals surface area contributed by atoms with Crippen LogP contribution in [0.25, 0.3) is 0 Å². The summed E-state index contributed by atoms with van der Waals surface area (Å²) in [5, 5.41) is 0. The van der Waals surface area contributed by atoms with Gasteiger partial charge < -0.3 is 9.47 Å². The van der Waals surface area contributed by atoms with Crippen LogP contribution < -0.4 is 0 Å². The second-order valence-corrected chi connectivity index (χ2v) is 5.36. The molecule has 0 N–H and O–H groups in total. The molecule has 1 rings (SSSR count). The first-order chi connectivity index (χ1) is 8.48. The fourth-order valence-corrected chi connectivity index (χ4v) is 2.15. The molecule has 1 aliphatic rings. The first kappa shape index (κ1) is 15.2. The first-order valence-corrected chi connectivity index (χ1v) is 6.70. The first-order valence-electron chi connectivity index (χ1n) is 6.70. The molecular formula is C16H26O2. The summed E-state index contributed by atoms with van der Waals surface area (Å²) in [4.78, 5) is 0. The standard InChI is InChI=1S/C16H26O2/c1-6-12-17-15-10-9-14(4)16(5,18-15)11-7-8-13(2)3/h6,8,15H,1,4,7,9-12H2,2-3,5H3. The zero-order chi connectivity index (χ0) is 13.6. The average Bonchev–Trinajstić information content (AvgIpc) is 2.30. The number of hydrogen-bond donors (Lipinski definition) is 0. The molecule has 102 valence electrons. The lowest BCUT2D eigenvalue weighted by Crippen LogP contribution is -2.41. The van der Waals surface area contributed by atoms with Gasteiger partial charge >= 0.3 is 0 Å². The minimum Gasteiger partial charge on any atom is -0.349 e. The van der Waals surface area contributed by atoms with E-state index in [9.17, 15) is 0 Å². The van der Waals surface area contributed by atoms with Crippen molar-refractivity contribution in [3.63, 3.8) is 0 Å². The highest BCUT2D eigenvalue weighted by molar-refractivity contribution is 5.14. The molecule has 18 heavy (non-hydrogen) atoms. The van der Waals surface area contributed by atoms with Gasteiger partial charge in [-0.15, -0.1) is 6.58 Å². The summed E-state index contributed by atoms with van der Waals surface area (Å²) in [5.74, 6) is 0. The SMILES string of the molecule is C=CCOC1CCC(=C)C(C)(CCC=C(C)C)O1. The molecule has 2 unspecified atom stereocenters. The Balaban J connectivity index is 2.56. The Bertz CT molecular complexity index is 324. The molecule has 0 saturated carbocycles. The van der Waals surface area contributed by atoms with Crippen molar-refractivity contribution >= 4 is 0 Å². The second kappa shape index (κ2) is 6.91. The predicted octanol–water partition coefficient (Wildman–Crippen LogP) is 4.39. The van der Waals surface area contributed by atoms with Gasteiger partial charge in [0, 0.05) is 6.42 Å². The minimum absolute atomic E-state index is 0.120. The van der Waals surface area contributed by atoms with Crippen molar-refractivity contribution in [1.29, 1.82) is 0 Å². The van der Waals surface area contributed by atoms with Gasteiger partial charge in [-0.25, -0.2) is 0 Å². The van der Waals surface area contributed by atoms with Crippen molar-refractivity contribution in [3.8, 4) is 0 Å². The average molecular weight is 250 g/mol. The van der Waals surface area contributed by atoms with Crippen molar-refractivity contribution in [3.05, 3.63) is 36.5 Å². The van der Waals surface area contributed by atoms with Crippen molar-refractivity contribution in [1.82, 2.24) is 0 Å². The molecule has 0 aromatic rings. The van der Waals surface area contributed by atoms with E-state index >= 15 is 0 Å². The predicted molar refractivity (Wildman–Crippen MR) is 76.5 cm³/mol. The van der Waals surface area contributed by atoms with E-state index in [4.69, 9.17) is 9.47 Å². The summed E-state index contributed by atoms with van der Waals surface area (Å²) in [6.45, 7) is 14.7. The zero-order valence-electron chi connectivity index (χ0n) is 12.0. The lowest BCUT2D eigenvalue weighted by molar-refractivity contribution is -0.207. The lowest BCUT2D eigenvalue weighted by Gasteiger charge is -2.40. The molecule has 0 aliphatic carbocycles. The van der Waals surface area contributed by atoms with E-state index in [1.54, 1.807) is 6.08 Å². The van der Waals surface area contributed by atoms with Gasteiger partial charge in [0.2, 0.25) is 0 Å². The fraction of sp³-hybridized carbons (Fsp3) is 0.625. The number of allylic oxidation sites excluding steroid dienone is 2. The topological polar surface area (TPSA) is 18.5 Å². The van der Waals surface area contributed by atoms with E-state index in [2.05, 4.69) is 40.0 Å². The third kappa shape index (κ3) is 4.43. The molecular weight excluding hydrogens is 224 g/mol. The van der Waals surface area contributed by atoms with Crippen molar-refractivity contribution < 1.29 is 9.47 Å². The maximum atomic E-state index is 6.07. The van der Waals surface area contributed by atoms with Gasteiger partial charge in [0.1, 0.15) is 0 Å². The quantitative estimate of drug-likeness (QED) is 0.651. The van der Waals surface area contributed by atoms with Crippen LogP contribution >= 0.6 is 0 Å². The normalized spacial score (nSPS) is 27.9. The summed E-state index contributed by atoms with van der Waals surface area (Å²) in [7, 11) is 0. The molecule has 1 aliphatic heterocycles. The Hall–Kier alpha value is -0.860. The molecule has 0 bridgehead atoms. The van der Waals surface area contributed by atoms with Gasteiger partial charge in [0.15, 0.2) is 6.29 Å². The number of hydrogen-bond acceptors (Lipinski definition) is 2. The molecule has 1 fully saturated rings. The van der Waals surface area contributed by atoms with Gasteiger partial charge in [-0.1, -0.05) is 24.3 Å². The third-order valence-corrected chi connectivity index (χ3v) is 3.40. The molecule has 2 heteroatoms. The van der Waals surface area contributed by atoms with Crippen LogP contribution in [0.3, 0.4) is 0 Å². The number of rotatable bonds is 6. The van der Waals surface area contributed by atoms with Gasteiger partial charge in [0.25, 0.3) is 0 Å². The summed E-state index contributed by atoms with van der Waals surface area (Å²) < 4.78 is 11.7. The molecule has 0 aromatic heterocycles. The number of ether oxygens (including phenoxy) is 2. The monoisotopic (exact) mass is 250 g/mol. The van der Waals surface area contributed by atoms with E-state index in [0.717, 1.165) is 25.7 Å². The summed E-state index contributed by atoms with van der Waals surface area (Å²) >= 11 is 0. The van der Waals surface area contributed by atoms with Gasteiger partial charge in [-0.3, -0.25) is 0 Å². The van der Waals surface area contributed by atoms with Crippen LogP contribution in [0.5, 0.6) is 0 Å². The van der Waals surface area contributed by atoms with E-state index in [0.29, 0.717) is 6.61 Å². The Morgan fingerprint density at radius 2 is 2.28 bits per heavy atom. The fourth-order valence-electron chi connectivity index (χ4n) is 2.15. The van der Waals surface area contributed by atoms with Crippen LogP contribution in [0.4, 0.5) is 0 Å². The summed E-state index contributed by atoms with van der Waals surface area (Å²) in [6.07, 6.45) is 7.74.